The lowest BCUT2D eigenvalue weighted by Gasteiger charge is -2.34. The Bertz CT molecular complexity index is 709. The first-order valence-electron chi connectivity index (χ1n) is 8.65. The Morgan fingerprint density at radius 1 is 1.00 bits per heavy atom. The minimum atomic E-state index is 0.0506. The molecule has 0 aromatic heterocycles. The van der Waals surface area contributed by atoms with E-state index in [1.807, 2.05) is 24.3 Å². The van der Waals surface area contributed by atoms with Crippen molar-refractivity contribution in [3.8, 4) is 0 Å². The van der Waals surface area contributed by atoms with Gasteiger partial charge in [0, 0.05) is 42.9 Å². The predicted octanol–water partition coefficient (Wildman–Crippen LogP) is 3.51. The molecule has 1 N–H and O–H groups in total. The molecule has 0 atom stereocenters. The molecule has 1 aliphatic rings. The van der Waals surface area contributed by atoms with Crippen LogP contribution >= 0.6 is 15.9 Å². The second-order valence-corrected chi connectivity index (χ2v) is 7.45. The van der Waals surface area contributed by atoms with E-state index < -0.39 is 0 Å². The van der Waals surface area contributed by atoms with Gasteiger partial charge in [0.2, 0.25) is 5.91 Å². The van der Waals surface area contributed by atoms with Crippen molar-refractivity contribution in [2.24, 2.45) is 0 Å². The highest BCUT2D eigenvalue weighted by molar-refractivity contribution is 9.10. The molecule has 3 rings (SSSR count). The summed E-state index contributed by atoms with van der Waals surface area (Å²) in [6.07, 6.45) is 0. The summed E-state index contributed by atoms with van der Waals surface area (Å²) in [4.78, 5) is 16.9. The number of aryl methyl sites for hydroxylation is 1. The Hall–Kier alpha value is -1.69. The molecule has 0 radical (unpaired) electrons. The molecule has 1 saturated heterocycles. The Labute approximate surface area is 158 Å². The molecule has 2 aromatic carbocycles. The van der Waals surface area contributed by atoms with Gasteiger partial charge in [0.15, 0.2) is 0 Å². The third kappa shape index (κ3) is 5.39. The molecule has 1 fully saturated rings. The van der Waals surface area contributed by atoms with E-state index in [0.717, 1.165) is 42.9 Å². The molecule has 0 spiro atoms. The Balaban J connectivity index is 1.43. The largest absolute Gasteiger partial charge is 0.325 e. The number of nitrogens with one attached hydrogen (secondary N) is 1. The van der Waals surface area contributed by atoms with Crippen LogP contribution in [0.3, 0.4) is 0 Å². The zero-order chi connectivity index (χ0) is 17.6. The van der Waals surface area contributed by atoms with E-state index in [-0.39, 0.29) is 5.91 Å². The van der Waals surface area contributed by atoms with Gasteiger partial charge in [0.1, 0.15) is 0 Å². The fraction of sp³-hybridized carbons (Fsp3) is 0.350. The second-order valence-electron chi connectivity index (χ2n) is 6.53. The van der Waals surface area contributed by atoms with Gasteiger partial charge in [0.25, 0.3) is 0 Å². The van der Waals surface area contributed by atoms with Crippen LogP contribution in [0.1, 0.15) is 11.1 Å². The van der Waals surface area contributed by atoms with Crippen LogP contribution in [0.5, 0.6) is 0 Å². The van der Waals surface area contributed by atoms with Crippen LogP contribution < -0.4 is 5.32 Å². The third-order valence-corrected chi connectivity index (χ3v) is 5.14. The Kier molecular flexibility index (Phi) is 6.24. The number of halogens is 1. The maximum atomic E-state index is 12.2. The van der Waals surface area contributed by atoms with E-state index in [1.54, 1.807) is 0 Å². The Morgan fingerprint density at radius 3 is 2.32 bits per heavy atom. The number of nitrogens with zero attached hydrogens (tertiary/aromatic N) is 2. The SMILES string of the molecule is Cc1ccccc1CN1CCN(CC(=O)Nc2ccc(Br)cc2)CC1. The highest BCUT2D eigenvalue weighted by atomic mass is 79.9. The monoisotopic (exact) mass is 401 g/mol. The summed E-state index contributed by atoms with van der Waals surface area (Å²) in [6, 6.07) is 16.2. The summed E-state index contributed by atoms with van der Waals surface area (Å²) >= 11 is 3.40. The minimum absolute atomic E-state index is 0.0506. The van der Waals surface area contributed by atoms with E-state index in [9.17, 15) is 4.79 Å². The fourth-order valence-corrected chi connectivity index (χ4v) is 3.34. The molecule has 1 aliphatic heterocycles. The van der Waals surface area contributed by atoms with Crippen LogP contribution in [0, 0.1) is 6.92 Å². The Morgan fingerprint density at radius 2 is 1.64 bits per heavy atom. The molecule has 0 bridgehead atoms. The van der Waals surface area contributed by atoms with Gasteiger partial charge in [-0.2, -0.15) is 0 Å². The first kappa shape index (κ1) is 18.1. The van der Waals surface area contributed by atoms with Crippen LogP contribution in [-0.4, -0.2) is 48.4 Å². The van der Waals surface area contributed by atoms with Gasteiger partial charge in [-0.05, 0) is 42.3 Å². The lowest BCUT2D eigenvalue weighted by Crippen LogP contribution is -2.48. The van der Waals surface area contributed by atoms with E-state index in [2.05, 4.69) is 62.2 Å². The number of benzene rings is 2. The molecular weight excluding hydrogens is 378 g/mol. The van der Waals surface area contributed by atoms with Crippen LogP contribution in [0.4, 0.5) is 5.69 Å². The third-order valence-electron chi connectivity index (χ3n) is 4.62. The zero-order valence-electron chi connectivity index (χ0n) is 14.5. The molecule has 25 heavy (non-hydrogen) atoms. The van der Waals surface area contributed by atoms with Crippen molar-refractivity contribution in [3.63, 3.8) is 0 Å². The van der Waals surface area contributed by atoms with Crippen LogP contribution in [0.15, 0.2) is 53.0 Å². The molecule has 1 heterocycles. The zero-order valence-corrected chi connectivity index (χ0v) is 16.1. The summed E-state index contributed by atoms with van der Waals surface area (Å²) in [5, 5.41) is 2.96. The number of hydrogen-bond donors (Lipinski definition) is 1. The summed E-state index contributed by atoms with van der Waals surface area (Å²) in [5.74, 6) is 0.0506. The average molecular weight is 402 g/mol. The van der Waals surface area contributed by atoms with E-state index in [1.165, 1.54) is 11.1 Å². The van der Waals surface area contributed by atoms with Gasteiger partial charge in [-0.25, -0.2) is 0 Å². The summed E-state index contributed by atoms with van der Waals surface area (Å²) in [7, 11) is 0. The van der Waals surface area contributed by atoms with Crippen molar-refractivity contribution in [1.29, 1.82) is 0 Å². The van der Waals surface area contributed by atoms with E-state index in [0.29, 0.717) is 6.54 Å². The minimum Gasteiger partial charge on any atom is -0.325 e. The van der Waals surface area contributed by atoms with Gasteiger partial charge in [-0.3, -0.25) is 14.6 Å². The second kappa shape index (κ2) is 8.61. The average Bonchev–Trinajstić information content (AvgIpc) is 2.61. The first-order chi connectivity index (χ1) is 12.1. The van der Waals surface area contributed by atoms with Gasteiger partial charge >= 0.3 is 0 Å². The maximum absolute atomic E-state index is 12.2. The number of rotatable bonds is 5. The summed E-state index contributed by atoms with van der Waals surface area (Å²) in [6.45, 7) is 7.47. The molecule has 4 nitrogen and oxygen atoms in total. The quantitative estimate of drug-likeness (QED) is 0.832. The van der Waals surface area contributed by atoms with Crippen molar-refractivity contribution in [2.75, 3.05) is 38.0 Å². The molecule has 0 unspecified atom stereocenters. The van der Waals surface area contributed by atoms with Crippen molar-refractivity contribution < 1.29 is 4.79 Å². The summed E-state index contributed by atoms with van der Waals surface area (Å²) < 4.78 is 1.01. The van der Waals surface area contributed by atoms with Gasteiger partial charge in [0.05, 0.1) is 6.54 Å². The summed E-state index contributed by atoms with van der Waals surface area (Å²) in [5.41, 5.74) is 3.58. The molecule has 132 valence electrons. The lowest BCUT2D eigenvalue weighted by atomic mass is 10.1. The number of anilines is 1. The number of amides is 1. The fourth-order valence-electron chi connectivity index (χ4n) is 3.07. The highest BCUT2D eigenvalue weighted by Crippen LogP contribution is 2.15. The van der Waals surface area contributed by atoms with Gasteiger partial charge in [-0.1, -0.05) is 40.2 Å². The topological polar surface area (TPSA) is 35.6 Å². The number of carbonyl (C=O) groups is 1. The predicted molar refractivity (Wildman–Crippen MR) is 106 cm³/mol. The van der Waals surface area contributed by atoms with Crippen molar-refractivity contribution >= 4 is 27.5 Å². The normalized spacial score (nSPS) is 15.9. The lowest BCUT2D eigenvalue weighted by molar-refractivity contribution is -0.117. The van der Waals surface area contributed by atoms with E-state index in [4.69, 9.17) is 0 Å². The van der Waals surface area contributed by atoms with Gasteiger partial charge < -0.3 is 5.32 Å². The first-order valence-corrected chi connectivity index (χ1v) is 9.44. The molecule has 0 saturated carbocycles. The molecular formula is C20H24BrN3O. The molecule has 2 aromatic rings. The number of hydrogen-bond acceptors (Lipinski definition) is 3. The van der Waals surface area contributed by atoms with Crippen LogP contribution in [-0.2, 0) is 11.3 Å². The van der Waals surface area contributed by atoms with E-state index >= 15 is 0 Å². The van der Waals surface area contributed by atoms with Crippen LogP contribution in [0.25, 0.3) is 0 Å². The smallest absolute Gasteiger partial charge is 0.238 e. The number of piperazine rings is 1. The molecule has 1 amide bonds. The van der Waals surface area contributed by atoms with Gasteiger partial charge in [-0.15, -0.1) is 0 Å². The molecule has 0 aliphatic carbocycles. The number of carbonyl (C=O) groups excluding carboxylic acids is 1. The van der Waals surface area contributed by atoms with Crippen molar-refractivity contribution in [2.45, 2.75) is 13.5 Å². The van der Waals surface area contributed by atoms with Crippen LogP contribution in [0.2, 0.25) is 0 Å². The molecule has 5 heteroatoms. The maximum Gasteiger partial charge on any atom is 0.238 e. The standard InChI is InChI=1S/C20H24BrN3O/c1-16-4-2-3-5-17(16)14-23-10-12-24(13-11-23)15-20(25)22-19-8-6-18(21)7-9-19/h2-9H,10-15H2,1H3,(H,22,25). The van der Waals surface area contributed by atoms with Crippen molar-refractivity contribution in [3.05, 3.63) is 64.1 Å². The van der Waals surface area contributed by atoms with Crippen molar-refractivity contribution in [1.82, 2.24) is 9.80 Å². The highest BCUT2D eigenvalue weighted by Gasteiger charge is 2.19.